The van der Waals surface area contributed by atoms with Crippen molar-refractivity contribution in [2.24, 2.45) is 13.0 Å². The van der Waals surface area contributed by atoms with Gasteiger partial charge in [-0.25, -0.2) is 0 Å². The molecular weight excluding hydrogens is 344 g/mol. The number of aromatic nitrogens is 2. The van der Waals surface area contributed by atoms with Gasteiger partial charge >= 0.3 is 0 Å². The van der Waals surface area contributed by atoms with Crippen molar-refractivity contribution in [1.82, 2.24) is 19.6 Å². The van der Waals surface area contributed by atoms with Crippen LogP contribution in [-0.2, 0) is 19.0 Å². The van der Waals surface area contributed by atoms with E-state index in [1.165, 1.54) is 36.6 Å². The Morgan fingerprint density at radius 3 is 1.68 bits per heavy atom. The molecule has 2 heterocycles. The smallest absolute Gasteiger partial charge is 0.0804 e. The molecule has 0 amide bonds. The van der Waals surface area contributed by atoms with E-state index in [0.29, 0.717) is 0 Å². The van der Waals surface area contributed by atoms with E-state index in [9.17, 15) is 0 Å². The van der Waals surface area contributed by atoms with Crippen molar-refractivity contribution in [2.45, 2.75) is 95.0 Å². The lowest BCUT2D eigenvalue weighted by molar-refractivity contribution is 0.116. The van der Waals surface area contributed by atoms with Gasteiger partial charge in [0.1, 0.15) is 0 Å². The Hall–Kier alpha value is -0.870. The molecule has 1 aromatic rings. The highest BCUT2D eigenvalue weighted by Gasteiger charge is 2.26. The first-order valence-corrected chi connectivity index (χ1v) is 11.7. The highest BCUT2D eigenvalue weighted by Crippen LogP contribution is 2.29. The van der Waals surface area contributed by atoms with Crippen LogP contribution in [0.3, 0.4) is 0 Å². The van der Waals surface area contributed by atoms with Crippen LogP contribution in [0, 0.1) is 12.8 Å². The summed E-state index contributed by atoms with van der Waals surface area (Å²) in [5.41, 5.74) is 4.16. The van der Waals surface area contributed by atoms with Crippen LogP contribution in [0.25, 0.3) is 0 Å². The molecule has 0 spiro atoms. The molecule has 0 aliphatic carbocycles. The monoisotopic (exact) mass is 396 g/mol. The van der Waals surface area contributed by atoms with Crippen molar-refractivity contribution in [2.75, 3.05) is 32.7 Å². The lowest BCUT2D eigenvalue weighted by Gasteiger charge is -2.35. The standard InChI is InChI=1S/C18H34N4.3C2H6/c1-14(2)12-21-8-10-22(11-9-21)13-16-17(18(4,5)6)15(3)20(7)19-16;3*1-2/h14H,8-13H2,1-7H3;3*1-2H3. The number of piperazine rings is 1. The maximum atomic E-state index is 4.80. The van der Waals surface area contributed by atoms with Crippen molar-refractivity contribution in [3.8, 4) is 0 Å². The van der Waals surface area contributed by atoms with Crippen molar-refractivity contribution >= 4 is 0 Å². The van der Waals surface area contributed by atoms with Gasteiger partial charge in [0, 0.05) is 57.6 Å². The molecule has 0 N–H and O–H groups in total. The fraction of sp³-hybridized carbons (Fsp3) is 0.875. The van der Waals surface area contributed by atoms with Crippen molar-refractivity contribution in [3.63, 3.8) is 0 Å². The van der Waals surface area contributed by atoms with Crippen LogP contribution in [0.1, 0.15) is 93.1 Å². The first kappa shape index (κ1) is 29.3. The maximum Gasteiger partial charge on any atom is 0.0804 e. The molecule has 0 atom stereocenters. The summed E-state index contributed by atoms with van der Waals surface area (Å²) in [4.78, 5) is 5.16. The van der Waals surface area contributed by atoms with Gasteiger partial charge in [0.25, 0.3) is 0 Å². The highest BCUT2D eigenvalue weighted by molar-refractivity contribution is 5.32. The van der Waals surface area contributed by atoms with Gasteiger partial charge in [0.15, 0.2) is 0 Å². The molecule has 1 saturated heterocycles. The molecular formula is C24H52N4. The van der Waals surface area contributed by atoms with Crippen molar-refractivity contribution in [3.05, 3.63) is 17.0 Å². The van der Waals surface area contributed by atoms with Crippen LogP contribution in [0.15, 0.2) is 0 Å². The van der Waals surface area contributed by atoms with Crippen LogP contribution in [-0.4, -0.2) is 52.3 Å². The SMILES string of the molecule is CC.CC.CC.Cc1c(C(C)(C)C)c(CN2CCN(CC(C)C)CC2)nn1C. The van der Waals surface area contributed by atoms with Crippen LogP contribution in [0.5, 0.6) is 0 Å². The molecule has 0 unspecified atom stereocenters. The third-order valence-corrected chi connectivity index (χ3v) is 4.62. The summed E-state index contributed by atoms with van der Waals surface area (Å²) >= 11 is 0. The van der Waals surface area contributed by atoms with Gasteiger partial charge in [-0.15, -0.1) is 0 Å². The van der Waals surface area contributed by atoms with E-state index in [4.69, 9.17) is 5.10 Å². The van der Waals surface area contributed by atoms with Crippen molar-refractivity contribution < 1.29 is 0 Å². The maximum absolute atomic E-state index is 4.80. The summed E-state index contributed by atoms with van der Waals surface area (Å²) in [5, 5.41) is 4.80. The van der Waals surface area contributed by atoms with Crippen LogP contribution < -0.4 is 0 Å². The molecule has 4 heteroatoms. The first-order valence-electron chi connectivity index (χ1n) is 11.7. The zero-order chi connectivity index (χ0) is 22.5. The summed E-state index contributed by atoms with van der Waals surface area (Å²) in [6.45, 7) is 32.6. The third-order valence-electron chi connectivity index (χ3n) is 4.62. The third kappa shape index (κ3) is 9.56. The fourth-order valence-corrected chi connectivity index (χ4v) is 3.62. The van der Waals surface area contributed by atoms with Crippen molar-refractivity contribution in [1.29, 1.82) is 0 Å². The van der Waals surface area contributed by atoms with Crippen LogP contribution in [0.4, 0.5) is 0 Å². The first-order chi connectivity index (χ1) is 13.2. The average molecular weight is 397 g/mol. The van der Waals surface area contributed by atoms with Gasteiger partial charge in [-0.3, -0.25) is 9.58 Å². The number of rotatable bonds is 4. The number of hydrogen-bond acceptors (Lipinski definition) is 3. The predicted molar refractivity (Wildman–Crippen MR) is 127 cm³/mol. The van der Waals surface area contributed by atoms with E-state index in [-0.39, 0.29) is 5.41 Å². The van der Waals surface area contributed by atoms with Gasteiger partial charge in [0.05, 0.1) is 5.69 Å². The fourth-order valence-electron chi connectivity index (χ4n) is 3.62. The van der Waals surface area contributed by atoms with Gasteiger partial charge in [-0.05, 0) is 18.3 Å². The molecule has 0 saturated carbocycles. The van der Waals surface area contributed by atoms with Gasteiger partial charge < -0.3 is 4.90 Å². The van der Waals surface area contributed by atoms with E-state index in [1.54, 1.807) is 0 Å². The van der Waals surface area contributed by atoms with Gasteiger partial charge in [-0.2, -0.15) is 5.10 Å². The van der Waals surface area contributed by atoms with Gasteiger partial charge in [-0.1, -0.05) is 76.2 Å². The molecule has 1 aromatic heterocycles. The Bertz CT molecular complexity index is 489. The lowest BCUT2D eigenvalue weighted by atomic mass is 9.85. The van der Waals surface area contributed by atoms with E-state index in [1.807, 2.05) is 46.2 Å². The number of nitrogens with zero attached hydrogens (tertiary/aromatic N) is 4. The van der Waals surface area contributed by atoms with Crippen LogP contribution in [0.2, 0.25) is 0 Å². The minimum absolute atomic E-state index is 0.160. The molecule has 28 heavy (non-hydrogen) atoms. The van der Waals surface area contributed by atoms with Crippen LogP contribution >= 0.6 is 0 Å². The quantitative estimate of drug-likeness (QED) is 0.635. The second-order valence-corrected chi connectivity index (χ2v) is 8.25. The zero-order valence-corrected chi connectivity index (χ0v) is 21.6. The lowest BCUT2D eigenvalue weighted by Crippen LogP contribution is -2.47. The average Bonchev–Trinajstić information content (AvgIpc) is 2.95. The molecule has 0 bridgehead atoms. The number of aryl methyl sites for hydroxylation is 1. The second kappa shape index (κ2) is 15.0. The van der Waals surface area contributed by atoms with E-state index in [2.05, 4.69) is 58.4 Å². The minimum atomic E-state index is 0.160. The largest absolute Gasteiger partial charge is 0.301 e. The summed E-state index contributed by atoms with van der Waals surface area (Å²) in [5.74, 6) is 0.762. The van der Waals surface area contributed by atoms with E-state index in [0.717, 1.165) is 25.6 Å². The molecule has 168 valence electrons. The Balaban J connectivity index is 0. The Morgan fingerprint density at radius 1 is 0.857 bits per heavy atom. The van der Waals surface area contributed by atoms with E-state index >= 15 is 0 Å². The summed E-state index contributed by atoms with van der Waals surface area (Å²) in [6, 6.07) is 0. The minimum Gasteiger partial charge on any atom is -0.301 e. The summed E-state index contributed by atoms with van der Waals surface area (Å²) in [7, 11) is 2.06. The second-order valence-electron chi connectivity index (χ2n) is 8.25. The molecule has 0 aromatic carbocycles. The molecule has 2 rings (SSSR count). The topological polar surface area (TPSA) is 24.3 Å². The molecule has 1 aliphatic rings. The molecule has 1 fully saturated rings. The summed E-state index contributed by atoms with van der Waals surface area (Å²) in [6.07, 6.45) is 0. The molecule has 1 aliphatic heterocycles. The zero-order valence-electron chi connectivity index (χ0n) is 21.6. The molecule has 0 radical (unpaired) electrons. The Morgan fingerprint density at radius 2 is 1.29 bits per heavy atom. The van der Waals surface area contributed by atoms with E-state index < -0.39 is 0 Å². The normalized spacial score (nSPS) is 15.1. The Labute approximate surface area is 177 Å². The molecule has 4 nitrogen and oxygen atoms in total. The van der Waals surface area contributed by atoms with Gasteiger partial charge in [0.2, 0.25) is 0 Å². The highest BCUT2D eigenvalue weighted by atomic mass is 15.3. The predicted octanol–water partition coefficient (Wildman–Crippen LogP) is 5.88. The number of hydrogen-bond donors (Lipinski definition) is 0. The summed E-state index contributed by atoms with van der Waals surface area (Å²) < 4.78 is 2.05. The Kier molecular flexibility index (Phi) is 15.7.